The van der Waals surface area contributed by atoms with Gasteiger partial charge in [-0.05, 0) is 18.2 Å². The zero-order chi connectivity index (χ0) is 10.6. The summed E-state index contributed by atoms with van der Waals surface area (Å²) >= 11 is 5.84. The molecule has 0 saturated heterocycles. The number of carbonyl (C=O) groups excluding carboxylic acids is 1. The van der Waals surface area contributed by atoms with Gasteiger partial charge in [-0.3, -0.25) is 4.79 Å². The van der Waals surface area contributed by atoms with Crippen LogP contribution in [0, 0.1) is 0 Å². The zero-order valence-electron chi connectivity index (χ0n) is 7.71. The maximum Gasteiger partial charge on any atom is 0.250 e. The third kappa shape index (κ3) is 2.90. The number of benzene rings is 1. The highest BCUT2D eigenvalue weighted by Gasteiger charge is 2.04. The van der Waals surface area contributed by atoms with Crippen LogP contribution in [0.5, 0.6) is 0 Å². The summed E-state index contributed by atoms with van der Waals surface area (Å²) in [5, 5.41) is 3.00. The molecule has 0 aliphatic carbocycles. The van der Waals surface area contributed by atoms with E-state index in [4.69, 9.17) is 17.3 Å². The minimum atomic E-state index is -0.251. The Morgan fingerprint density at radius 3 is 2.93 bits per heavy atom. The van der Waals surface area contributed by atoms with Gasteiger partial charge < -0.3 is 15.8 Å². The number of carbonyl (C=O) groups is 1. The van der Waals surface area contributed by atoms with E-state index in [0.717, 1.165) is 0 Å². The van der Waals surface area contributed by atoms with Crippen molar-refractivity contribution in [3.05, 3.63) is 23.2 Å². The van der Waals surface area contributed by atoms with Gasteiger partial charge in [0.25, 0.3) is 0 Å². The van der Waals surface area contributed by atoms with Gasteiger partial charge in [0.2, 0.25) is 5.91 Å². The van der Waals surface area contributed by atoms with Crippen molar-refractivity contribution >= 4 is 28.9 Å². The smallest absolute Gasteiger partial charge is 0.250 e. The molecule has 0 aromatic heterocycles. The fraction of sp³-hybridized carbons (Fsp3) is 0.222. The number of amides is 1. The standard InChI is InChI=1S/C9H11ClN2O2/c1-14-5-9(13)12-8-3-2-6(11)4-7(8)10/h2-4H,5,11H2,1H3,(H,12,13). The van der Waals surface area contributed by atoms with Gasteiger partial charge in [0.1, 0.15) is 6.61 Å². The first-order chi connectivity index (χ1) is 6.63. The average molecular weight is 215 g/mol. The van der Waals surface area contributed by atoms with E-state index in [0.29, 0.717) is 16.4 Å². The molecule has 0 heterocycles. The predicted octanol–water partition coefficient (Wildman–Crippen LogP) is 1.51. The van der Waals surface area contributed by atoms with Gasteiger partial charge in [-0.1, -0.05) is 11.6 Å². The van der Waals surface area contributed by atoms with E-state index in [2.05, 4.69) is 10.1 Å². The van der Waals surface area contributed by atoms with E-state index < -0.39 is 0 Å². The van der Waals surface area contributed by atoms with Gasteiger partial charge in [0, 0.05) is 12.8 Å². The molecule has 1 rings (SSSR count). The van der Waals surface area contributed by atoms with E-state index >= 15 is 0 Å². The van der Waals surface area contributed by atoms with Crippen LogP contribution in [-0.4, -0.2) is 19.6 Å². The Morgan fingerprint density at radius 2 is 2.36 bits per heavy atom. The maximum absolute atomic E-state index is 11.1. The lowest BCUT2D eigenvalue weighted by molar-refractivity contribution is -0.119. The van der Waals surface area contributed by atoms with Crippen molar-refractivity contribution in [1.29, 1.82) is 0 Å². The van der Waals surface area contributed by atoms with E-state index in [1.165, 1.54) is 7.11 Å². The quantitative estimate of drug-likeness (QED) is 0.750. The van der Waals surface area contributed by atoms with Crippen molar-refractivity contribution in [2.75, 3.05) is 24.8 Å². The summed E-state index contributed by atoms with van der Waals surface area (Å²) in [5.74, 6) is -0.251. The largest absolute Gasteiger partial charge is 0.399 e. The van der Waals surface area contributed by atoms with E-state index in [1.54, 1.807) is 18.2 Å². The van der Waals surface area contributed by atoms with Gasteiger partial charge >= 0.3 is 0 Å². The fourth-order valence-corrected chi connectivity index (χ4v) is 1.19. The molecule has 3 N–H and O–H groups in total. The number of anilines is 2. The lowest BCUT2D eigenvalue weighted by Gasteiger charge is -2.06. The number of halogens is 1. The predicted molar refractivity (Wildman–Crippen MR) is 56.4 cm³/mol. The van der Waals surface area contributed by atoms with Gasteiger partial charge in [0.05, 0.1) is 10.7 Å². The number of hydrogen-bond donors (Lipinski definition) is 2. The van der Waals surface area contributed by atoms with Crippen LogP contribution in [0.15, 0.2) is 18.2 Å². The highest BCUT2D eigenvalue weighted by molar-refractivity contribution is 6.34. The van der Waals surface area contributed by atoms with Crippen LogP contribution in [0.4, 0.5) is 11.4 Å². The number of nitrogen functional groups attached to an aromatic ring is 1. The third-order valence-corrected chi connectivity index (χ3v) is 1.86. The SMILES string of the molecule is COCC(=O)Nc1ccc(N)cc1Cl. The summed E-state index contributed by atoms with van der Waals surface area (Å²) in [7, 11) is 1.45. The summed E-state index contributed by atoms with van der Waals surface area (Å²) in [5.41, 5.74) is 6.58. The number of rotatable bonds is 3. The average Bonchev–Trinajstić information content (AvgIpc) is 2.10. The lowest BCUT2D eigenvalue weighted by Crippen LogP contribution is -2.17. The Bertz CT molecular complexity index is 342. The van der Waals surface area contributed by atoms with Crippen molar-refractivity contribution in [1.82, 2.24) is 0 Å². The van der Waals surface area contributed by atoms with E-state index in [1.807, 2.05) is 0 Å². The molecule has 1 aromatic rings. The first kappa shape index (κ1) is 10.8. The maximum atomic E-state index is 11.1. The first-order valence-corrected chi connectivity index (χ1v) is 4.35. The Kier molecular flexibility index (Phi) is 3.73. The topological polar surface area (TPSA) is 64.3 Å². The minimum absolute atomic E-state index is 0.000700. The van der Waals surface area contributed by atoms with Crippen molar-refractivity contribution in [2.24, 2.45) is 0 Å². The first-order valence-electron chi connectivity index (χ1n) is 3.97. The van der Waals surface area contributed by atoms with Gasteiger partial charge in [-0.15, -0.1) is 0 Å². The van der Waals surface area contributed by atoms with Crippen LogP contribution < -0.4 is 11.1 Å². The van der Waals surface area contributed by atoms with Crippen molar-refractivity contribution in [3.8, 4) is 0 Å². The molecule has 0 aliphatic rings. The molecule has 0 radical (unpaired) electrons. The molecular weight excluding hydrogens is 204 g/mol. The number of nitrogens with one attached hydrogen (secondary N) is 1. The summed E-state index contributed by atoms with van der Waals surface area (Å²) in [6.07, 6.45) is 0. The van der Waals surface area contributed by atoms with E-state index in [9.17, 15) is 4.79 Å². The monoisotopic (exact) mass is 214 g/mol. The van der Waals surface area contributed by atoms with Crippen molar-refractivity contribution in [3.63, 3.8) is 0 Å². The normalized spacial score (nSPS) is 9.86. The van der Waals surface area contributed by atoms with Crippen LogP contribution in [0.3, 0.4) is 0 Å². The van der Waals surface area contributed by atoms with E-state index in [-0.39, 0.29) is 12.5 Å². The van der Waals surface area contributed by atoms with Crippen LogP contribution in [0.2, 0.25) is 5.02 Å². The van der Waals surface area contributed by atoms with Crippen molar-refractivity contribution < 1.29 is 9.53 Å². The second-order valence-electron chi connectivity index (χ2n) is 2.72. The van der Waals surface area contributed by atoms with Crippen LogP contribution in [0.25, 0.3) is 0 Å². The molecule has 4 nitrogen and oxygen atoms in total. The zero-order valence-corrected chi connectivity index (χ0v) is 8.47. The highest BCUT2D eigenvalue weighted by atomic mass is 35.5. The molecular formula is C9H11ClN2O2. The number of ether oxygens (including phenoxy) is 1. The number of nitrogens with two attached hydrogens (primary N) is 1. The third-order valence-electron chi connectivity index (χ3n) is 1.54. The Labute approximate surface area is 87.0 Å². The van der Waals surface area contributed by atoms with Crippen LogP contribution >= 0.6 is 11.6 Å². The molecule has 14 heavy (non-hydrogen) atoms. The molecule has 0 bridgehead atoms. The number of hydrogen-bond acceptors (Lipinski definition) is 3. The molecule has 5 heteroatoms. The lowest BCUT2D eigenvalue weighted by atomic mass is 10.3. The molecule has 0 saturated carbocycles. The molecule has 0 unspecified atom stereocenters. The van der Waals surface area contributed by atoms with Crippen LogP contribution in [0.1, 0.15) is 0 Å². The Hall–Kier alpha value is -1.26. The summed E-state index contributed by atoms with van der Waals surface area (Å²) in [4.78, 5) is 11.1. The van der Waals surface area contributed by atoms with Gasteiger partial charge in [-0.25, -0.2) is 0 Å². The molecule has 0 atom stereocenters. The molecule has 0 aliphatic heterocycles. The molecule has 76 valence electrons. The van der Waals surface area contributed by atoms with Crippen molar-refractivity contribution in [2.45, 2.75) is 0 Å². The summed E-state index contributed by atoms with van der Waals surface area (Å²) in [6, 6.07) is 4.88. The van der Waals surface area contributed by atoms with Crippen LogP contribution in [-0.2, 0) is 9.53 Å². The van der Waals surface area contributed by atoms with Gasteiger partial charge in [-0.2, -0.15) is 0 Å². The minimum Gasteiger partial charge on any atom is -0.399 e. The number of methoxy groups -OCH3 is 1. The molecule has 0 spiro atoms. The highest BCUT2D eigenvalue weighted by Crippen LogP contribution is 2.23. The summed E-state index contributed by atoms with van der Waals surface area (Å²) in [6.45, 7) is 0.000700. The van der Waals surface area contributed by atoms with Gasteiger partial charge in [0.15, 0.2) is 0 Å². The molecule has 1 aromatic carbocycles. The molecule has 1 amide bonds. The fourth-order valence-electron chi connectivity index (χ4n) is 0.950. The summed E-state index contributed by atoms with van der Waals surface area (Å²) < 4.78 is 4.66. The Balaban J connectivity index is 2.72. The Morgan fingerprint density at radius 1 is 1.64 bits per heavy atom. The second-order valence-corrected chi connectivity index (χ2v) is 3.13. The second kappa shape index (κ2) is 4.83. The molecule has 0 fully saturated rings.